The average Bonchev–Trinajstić information content (AvgIpc) is 2.38. The Morgan fingerprint density at radius 1 is 1.55 bits per heavy atom. The molecule has 20 heavy (non-hydrogen) atoms. The van der Waals surface area contributed by atoms with Crippen LogP contribution in [0.5, 0.6) is 0 Å². The van der Waals surface area contributed by atoms with Crippen molar-refractivity contribution >= 4 is 17.8 Å². The van der Waals surface area contributed by atoms with E-state index >= 15 is 0 Å². The molecular formula is C11H19N3O6. The van der Waals surface area contributed by atoms with Crippen LogP contribution in [0.25, 0.3) is 0 Å². The Bertz CT molecular complexity index is 413. The molecule has 2 amide bonds. The molecule has 9 nitrogen and oxygen atoms in total. The summed E-state index contributed by atoms with van der Waals surface area (Å²) in [5, 5.41) is 32.2. The van der Waals surface area contributed by atoms with Crippen LogP contribution in [0.15, 0.2) is 0 Å². The van der Waals surface area contributed by atoms with Crippen molar-refractivity contribution < 1.29 is 29.7 Å². The average molecular weight is 289 g/mol. The highest BCUT2D eigenvalue weighted by Gasteiger charge is 2.44. The van der Waals surface area contributed by atoms with Crippen LogP contribution in [-0.2, 0) is 14.4 Å². The van der Waals surface area contributed by atoms with Crippen molar-refractivity contribution in [3.05, 3.63) is 0 Å². The first-order valence-electron chi connectivity index (χ1n) is 6.15. The molecule has 9 heteroatoms. The minimum atomic E-state index is -1.51. The Labute approximate surface area is 115 Å². The van der Waals surface area contributed by atoms with Crippen LogP contribution in [-0.4, -0.2) is 63.4 Å². The molecule has 1 heterocycles. The van der Waals surface area contributed by atoms with Gasteiger partial charge in [0.15, 0.2) is 11.6 Å². The lowest BCUT2D eigenvalue weighted by atomic mass is 9.88. The molecule has 1 rings (SSSR count). The lowest BCUT2D eigenvalue weighted by molar-refractivity contribution is -0.153. The molecule has 1 saturated heterocycles. The first-order chi connectivity index (χ1) is 9.17. The molecule has 114 valence electrons. The number of nitrogens with one attached hydrogen (secondary N) is 2. The lowest BCUT2D eigenvalue weighted by Crippen LogP contribution is -2.65. The number of carbonyl (C=O) groups is 3. The van der Waals surface area contributed by atoms with Crippen LogP contribution in [0.2, 0.25) is 0 Å². The molecular weight excluding hydrogens is 270 g/mol. The fourth-order valence-electron chi connectivity index (χ4n) is 1.74. The number of amides is 2. The van der Waals surface area contributed by atoms with Crippen molar-refractivity contribution in [3.63, 3.8) is 0 Å². The number of hydrogen-bond acceptors (Lipinski definition) is 6. The van der Waals surface area contributed by atoms with Crippen LogP contribution in [0.3, 0.4) is 0 Å². The number of β-amino-alcohol motifs (C(OH)–C–C–N with tert-alkyl or cyclic N) is 1. The predicted molar refractivity (Wildman–Crippen MR) is 66.4 cm³/mol. The molecule has 0 aromatic rings. The number of rotatable bonds is 7. The summed E-state index contributed by atoms with van der Waals surface area (Å²) in [6.07, 6.45) is -1.26. The van der Waals surface area contributed by atoms with E-state index in [2.05, 4.69) is 10.6 Å². The lowest BCUT2D eigenvalue weighted by Gasteiger charge is -2.36. The fraction of sp³-hybridized carbons (Fsp3) is 0.727. The van der Waals surface area contributed by atoms with E-state index in [1.165, 1.54) is 6.92 Å². The molecule has 0 radical (unpaired) electrons. The zero-order valence-electron chi connectivity index (χ0n) is 11.0. The molecule has 0 aromatic heterocycles. The second-order valence-corrected chi connectivity index (χ2v) is 4.92. The van der Waals surface area contributed by atoms with E-state index in [-0.39, 0.29) is 19.4 Å². The number of β-lactam (4-membered cyclic amide) rings is 1. The number of nitrogens with two attached hydrogens (primary N) is 1. The Kier molecular flexibility index (Phi) is 5.03. The summed E-state index contributed by atoms with van der Waals surface area (Å²) in [5.41, 5.74) is 4.06. The molecule has 1 aliphatic heterocycles. The number of aliphatic hydroxyl groups is 2. The Balaban J connectivity index is 2.46. The minimum Gasteiger partial charge on any atom is -0.480 e. The monoisotopic (exact) mass is 289 g/mol. The van der Waals surface area contributed by atoms with E-state index in [0.29, 0.717) is 0 Å². The van der Waals surface area contributed by atoms with Gasteiger partial charge in [-0.15, -0.1) is 0 Å². The van der Waals surface area contributed by atoms with Gasteiger partial charge in [0, 0.05) is 0 Å². The van der Waals surface area contributed by atoms with Crippen LogP contribution < -0.4 is 16.4 Å². The number of carboxylic acid groups (broad SMARTS) is 1. The number of aliphatic hydroxyl groups excluding tert-OH is 1. The maximum absolute atomic E-state index is 11.7. The van der Waals surface area contributed by atoms with E-state index in [0.717, 1.165) is 0 Å². The standard InChI is InChI=1S/C11H19N3O6/c1-5(15)7(9(17)18)14-8(16)6(12)2-3-11(20)4-13-10(11)19/h5-7,15,20H,2-4,12H2,1H3,(H,13,19)(H,14,16)(H,17,18)/t5?,6?,7?,11-/m0/s1. The van der Waals surface area contributed by atoms with E-state index < -0.39 is 41.6 Å². The Morgan fingerprint density at radius 2 is 2.15 bits per heavy atom. The van der Waals surface area contributed by atoms with E-state index in [9.17, 15) is 24.6 Å². The molecule has 0 aliphatic carbocycles. The summed E-state index contributed by atoms with van der Waals surface area (Å²) >= 11 is 0. The number of carboxylic acids is 1. The predicted octanol–water partition coefficient (Wildman–Crippen LogP) is -3.09. The number of aliphatic carboxylic acids is 1. The van der Waals surface area contributed by atoms with Crippen molar-refractivity contribution in [2.24, 2.45) is 5.73 Å². The maximum atomic E-state index is 11.7. The highest BCUT2D eigenvalue weighted by molar-refractivity contribution is 5.91. The molecule has 0 saturated carbocycles. The third-order valence-corrected chi connectivity index (χ3v) is 3.22. The molecule has 7 N–H and O–H groups in total. The van der Waals surface area contributed by atoms with Crippen molar-refractivity contribution in [2.75, 3.05) is 6.54 Å². The van der Waals surface area contributed by atoms with Gasteiger partial charge in [-0.05, 0) is 19.8 Å². The third kappa shape index (κ3) is 3.65. The van der Waals surface area contributed by atoms with E-state index in [1.807, 2.05) is 0 Å². The third-order valence-electron chi connectivity index (χ3n) is 3.22. The first-order valence-corrected chi connectivity index (χ1v) is 6.15. The SMILES string of the molecule is CC(O)C(NC(=O)C(N)CC[C@]1(O)CNC1=O)C(=O)O. The van der Waals surface area contributed by atoms with Gasteiger partial charge in [0.25, 0.3) is 5.91 Å². The molecule has 3 unspecified atom stereocenters. The smallest absolute Gasteiger partial charge is 0.328 e. The van der Waals surface area contributed by atoms with Gasteiger partial charge in [0.2, 0.25) is 5.91 Å². The highest BCUT2D eigenvalue weighted by atomic mass is 16.4. The number of carbonyl (C=O) groups excluding carboxylic acids is 2. The van der Waals surface area contributed by atoms with Crippen LogP contribution >= 0.6 is 0 Å². The van der Waals surface area contributed by atoms with Gasteiger partial charge in [0.1, 0.15) is 0 Å². The van der Waals surface area contributed by atoms with Gasteiger partial charge in [-0.3, -0.25) is 9.59 Å². The number of hydrogen-bond donors (Lipinski definition) is 6. The second kappa shape index (κ2) is 6.16. The Morgan fingerprint density at radius 3 is 2.50 bits per heavy atom. The van der Waals surface area contributed by atoms with Gasteiger partial charge in [-0.2, -0.15) is 0 Å². The van der Waals surface area contributed by atoms with Gasteiger partial charge in [0.05, 0.1) is 18.7 Å². The van der Waals surface area contributed by atoms with Crippen LogP contribution in [0.4, 0.5) is 0 Å². The van der Waals surface area contributed by atoms with Crippen LogP contribution in [0.1, 0.15) is 19.8 Å². The summed E-state index contributed by atoms with van der Waals surface area (Å²) in [7, 11) is 0. The van der Waals surface area contributed by atoms with Crippen molar-refractivity contribution in [1.82, 2.24) is 10.6 Å². The quantitative estimate of drug-likeness (QED) is 0.270. The summed E-state index contributed by atoms with van der Waals surface area (Å²) in [6, 6.07) is -2.53. The second-order valence-electron chi connectivity index (χ2n) is 4.92. The summed E-state index contributed by atoms with van der Waals surface area (Å²) in [5.74, 6) is -2.66. The molecule has 1 aliphatic rings. The summed E-state index contributed by atoms with van der Waals surface area (Å²) in [4.78, 5) is 33.6. The molecule has 0 bridgehead atoms. The summed E-state index contributed by atoms with van der Waals surface area (Å²) in [6.45, 7) is 1.33. The van der Waals surface area contributed by atoms with Crippen LogP contribution in [0, 0.1) is 0 Å². The topological polar surface area (TPSA) is 162 Å². The molecule has 0 aromatic carbocycles. The van der Waals surface area contributed by atoms with Gasteiger partial charge in [-0.1, -0.05) is 0 Å². The Hall–Kier alpha value is -1.71. The van der Waals surface area contributed by atoms with Crippen molar-refractivity contribution in [2.45, 2.75) is 43.6 Å². The zero-order chi connectivity index (χ0) is 15.5. The first kappa shape index (κ1) is 16.3. The summed E-state index contributed by atoms with van der Waals surface area (Å²) < 4.78 is 0. The highest BCUT2D eigenvalue weighted by Crippen LogP contribution is 2.19. The molecule has 1 fully saturated rings. The fourth-order valence-corrected chi connectivity index (χ4v) is 1.74. The van der Waals surface area contributed by atoms with Gasteiger partial charge >= 0.3 is 5.97 Å². The van der Waals surface area contributed by atoms with Crippen molar-refractivity contribution in [3.8, 4) is 0 Å². The zero-order valence-corrected chi connectivity index (χ0v) is 11.0. The molecule has 4 atom stereocenters. The minimum absolute atomic E-state index is 0.000162. The van der Waals surface area contributed by atoms with Gasteiger partial charge < -0.3 is 31.7 Å². The van der Waals surface area contributed by atoms with E-state index in [1.54, 1.807) is 0 Å². The van der Waals surface area contributed by atoms with Gasteiger partial charge in [-0.25, -0.2) is 4.79 Å². The normalized spacial score (nSPS) is 25.9. The van der Waals surface area contributed by atoms with E-state index in [4.69, 9.17) is 10.8 Å². The molecule has 0 spiro atoms. The largest absolute Gasteiger partial charge is 0.480 e. The van der Waals surface area contributed by atoms with Crippen molar-refractivity contribution in [1.29, 1.82) is 0 Å². The maximum Gasteiger partial charge on any atom is 0.328 e.